The molecule has 3 aliphatic rings. The number of allylic oxidation sites excluding steroid dienone is 4. The zero-order valence-electron chi connectivity index (χ0n) is 17.1. The minimum atomic E-state index is 0.334. The summed E-state index contributed by atoms with van der Waals surface area (Å²) in [5.74, 6) is 2.54. The molecule has 0 aliphatic heterocycles. The molecule has 2 aromatic rings. The molecule has 1 saturated carbocycles. The van der Waals surface area contributed by atoms with Crippen molar-refractivity contribution in [3.63, 3.8) is 0 Å². The number of hydrogen-bond acceptors (Lipinski definition) is 1. The highest BCUT2D eigenvalue weighted by molar-refractivity contribution is 6.57. The molecule has 1 aromatic carbocycles. The first-order valence-electron chi connectivity index (χ1n) is 10.3. The first-order valence-corrected chi connectivity index (χ1v) is 10.3. The minimum absolute atomic E-state index is 0.334. The van der Waals surface area contributed by atoms with Gasteiger partial charge in [0.15, 0.2) is 0 Å². The molecule has 1 radical (unpaired) electrons. The van der Waals surface area contributed by atoms with Gasteiger partial charge in [-0.3, -0.25) is 0 Å². The molecule has 2 heteroatoms. The number of hydrogen-bond donors (Lipinski definition) is 0. The molecule has 1 heterocycles. The standard InChI is InChI=1S/C25H30BO/c1-6-18(17(2)3)8-7-13-26-23-15-19-14-20-21(16-22(19)27-23)25(5)11-9-24(20,4)10-12-25/h6-8,13-17H,1,9-12H2,2-5H3/b13-7+,18-8+. The summed E-state index contributed by atoms with van der Waals surface area (Å²) in [7, 11) is 2.05. The molecule has 139 valence electrons. The highest BCUT2D eigenvalue weighted by Gasteiger charge is 2.47. The fraction of sp³-hybridized carbons (Fsp3) is 0.440. The Hall–Kier alpha value is -1.96. The maximum atomic E-state index is 6.15. The van der Waals surface area contributed by atoms with E-state index >= 15 is 0 Å². The number of fused-ring (bicyclic) bond motifs is 3. The number of furan rings is 1. The van der Waals surface area contributed by atoms with E-state index < -0.39 is 0 Å². The average Bonchev–Trinajstić information content (AvgIpc) is 3.04. The molecule has 0 unspecified atom stereocenters. The second-order valence-electron chi connectivity index (χ2n) is 9.28. The van der Waals surface area contributed by atoms with Gasteiger partial charge >= 0.3 is 0 Å². The highest BCUT2D eigenvalue weighted by Crippen LogP contribution is 2.56. The second-order valence-corrected chi connectivity index (χ2v) is 9.28. The van der Waals surface area contributed by atoms with E-state index in [0.29, 0.717) is 16.7 Å². The SMILES string of the molecule is C=C/C(=C\C=C\[B]c1cc2cc3c(cc2o1)C1(C)CCC3(C)CC1)C(C)C. The second kappa shape index (κ2) is 6.58. The van der Waals surface area contributed by atoms with Gasteiger partial charge in [-0.25, -0.2) is 0 Å². The summed E-state index contributed by atoms with van der Waals surface area (Å²) >= 11 is 0. The van der Waals surface area contributed by atoms with Crippen molar-refractivity contribution in [2.45, 2.75) is 64.2 Å². The van der Waals surface area contributed by atoms with Crippen LogP contribution in [0.1, 0.15) is 64.5 Å². The fourth-order valence-electron chi connectivity index (χ4n) is 4.89. The fourth-order valence-corrected chi connectivity index (χ4v) is 4.89. The first kappa shape index (κ1) is 18.4. The van der Waals surface area contributed by atoms with Crippen molar-refractivity contribution in [2.24, 2.45) is 5.92 Å². The van der Waals surface area contributed by atoms with E-state index in [-0.39, 0.29) is 0 Å². The van der Waals surface area contributed by atoms with Gasteiger partial charge in [0, 0.05) is 5.39 Å². The molecule has 3 aliphatic carbocycles. The van der Waals surface area contributed by atoms with Crippen LogP contribution >= 0.6 is 0 Å². The van der Waals surface area contributed by atoms with Gasteiger partial charge in [0.2, 0.25) is 7.28 Å². The van der Waals surface area contributed by atoms with E-state index in [1.165, 1.54) is 42.2 Å². The lowest BCUT2D eigenvalue weighted by Gasteiger charge is -2.52. The van der Waals surface area contributed by atoms with E-state index in [1.54, 1.807) is 5.56 Å². The summed E-state index contributed by atoms with van der Waals surface area (Å²) in [5, 5.41) is 1.23. The molecule has 1 fully saturated rings. The first-order chi connectivity index (χ1) is 12.8. The van der Waals surface area contributed by atoms with Crippen LogP contribution in [0.25, 0.3) is 11.0 Å². The predicted octanol–water partition coefficient (Wildman–Crippen LogP) is 6.15. The van der Waals surface area contributed by atoms with Gasteiger partial charge in [0.25, 0.3) is 0 Å². The Morgan fingerprint density at radius 1 is 1.07 bits per heavy atom. The summed E-state index contributed by atoms with van der Waals surface area (Å²) < 4.78 is 6.15. The molecule has 0 amide bonds. The van der Waals surface area contributed by atoms with E-state index in [2.05, 4.69) is 77.9 Å². The van der Waals surface area contributed by atoms with E-state index in [1.807, 2.05) is 6.08 Å². The van der Waals surface area contributed by atoms with Crippen molar-refractivity contribution in [3.05, 3.63) is 65.7 Å². The van der Waals surface area contributed by atoms with E-state index in [4.69, 9.17) is 4.42 Å². The molecule has 27 heavy (non-hydrogen) atoms. The summed E-state index contributed by atoms with van der Waals surface area (Å²) in [4.78, 5) is 0. The Kier molecular flexibility index (Phi) is 4.49. The molecule has 0 N–H and O–H groups in total. The molecule has 0 atom stereocenters. The van der Waals surface area contributed by atoms with Gasteiger partial charge in [0.05, 0.1) is 5.66 Å². The summed E-state index contributed by atoms with van der Waals surface area (Å²) in [6, 6.07) is 6.91. The summed E-state index contributed by atoms with van der Waals surface area (Å²) in [6.07, 6.45) is 11.4. The average molecular weight is 357 g/mol. The maximum Gasteiger partial charge on any atom is 0.231 e. The van der Waals surface area contributed by atoms with Gasteiger partial charge in [-0.1, -0.05) is 52.5 Å². The zero-order valence-corrected chi connectivity index (χ0v) is 17.1. The van der Waals surface area contributed by atoms with Crippen LogP contribution in [0.2, 0.25) is 0 Å². The highest BCUT2D eigenvalue weighted by atomic mass is 16.3. The third kappa shape index (κ3) is 3.14. The number of benzene rings is 1. The Morgan fingerprint density at radius 3 is 2.30 bits per heavy atom. The van der Waals surface area contributed by atoms with Crippen LogP contribution in [-0.2, 0) is 10.8 Å². The minimum Gasteiger partial charge on any atom is -0.472 e. The monoisotopic (exact) mass is 357 g/mol. The molecule has 1 aromatic heterocycles. The van der Waals surface area contributed by atoms with E-state index in [9.17, 15) is 0 Å². The third-order valence-corrected chi connectivity index (χ3v) is 7.00. The van der Waals surface area contributed by atoms with Gasteiger partial charge in [-0.15, -0.1) is 5.98 Å². The maximum absolute atomic E-state index is 6.15. The van der Waals surface area contributed by atoms with Crippen molar-refractivity contribution in [3.8, 4) is 0 Å². The third-order valence-electron chi connectivity index (χ3n) is 7.00. The van der Waals surface area contributed by atoms with Crippen LogP contribution in [0.15, 0.2) is 59.0 Å². The van der Waals surface area contributed by atoms with Crippen LogP contribution in [-0.4, -0.2) is 7.28 Å². The van der Waals surface area contributed by atoms with E-state index in [0.717, 1.165) is 11.2 Å². The van der Waals surface area contributed by atoms with Crippen molar-refractivity contribution >= 4 is 23.9 Å². The molecular formula is C25H30BO. The summed E-state index contributed by atoms with van der Waals surface area (Å²) in [6.45, 7) is 13.1. The Labute approximate surface area is 164 Å². The van der Waals surface area contributed by atoms with Crippen molar-refractivity contribution in [1.82, 2.24) is 0 Å². The van der Waals surface area contributed by atoms with Crippen LogP contribution in [0.4, 0.5) is 0 Å². The van der Waals surface area contributed by atoms with Gasteiger partial charge in [0.1, 0.15) is 5.58 Å². The molecule has 0 saturated heterocycles. The predicted molar refractivity (Wildman–Crippen MR) is 117 cm³/mol. The lowest BCUT2D eigenvalue weighted by molar-refractivity contribution is 0.188. The summed E-state index contributed by atoms with van der Waals surface area (Å²) in [5.41, 5.74) is 6.97. The number of rotatable bonds is 5. The van der Waals surface area contributed by atoms with Gasteiger partial charge in [-0.2, -0.15) is 0 Å². The Bertz CT molecular complexity index is 878. The van der Waals surface area contributed by atoms with Crippen molar-refractivity contribution in [2.75, 3.05) is 0 Å². The van der Waals surface area contributed by atoms with Crippen LogP contribution in [0.5, 0.6) is 0 Å². The molecule has 1 nitrogen and oxygen atoms in total. The Morgan fingerprint density at radius 2 is 1.70 bits per heavy atom. The lowest BCUT2D eigenvalue weighted by Crippen LogP contribution is -2.44. The topological polar surface area (TPSA) is 13.1 Å². The lowest BCUT2D eigenvalue weighted by atomic mass is 9.52. The van der Waals surface area contributed by atoms with Gasteiger partial charge < -0.3 is 4.42 Å². The van der Waals surface area contributed by atoms with Crippen LogP contribution < -0.4 is 5.66 Å². The van der Waals surface area contributed by atoms with Crippen molar-refractivity contribution in [1.29, 1.82) is 0 Å². The van der Waals surface area contributed by atoms with Crippen molar-refractivity contribution < 1.29 is 4.42 Å². The molecule has 0 spiro atoms. The van der Waals surface area contributed by atoms with Gasteiger partial charge in [-0.05, 0) is 77.3 Å². The Balaban J connectivity index is 1.62. The molecular weight excluding hydrogens is 327 g/mol. The molecule has 2 bridgehead atoms. The normalized spacial score (nSPS) is 27.5. The van der Waals surface area contributed by atoms with Crippen LogP contribution in [0, 0.1) is 5.92 Å². The largest absolute Gasteiger partial charge is 0.472 e. The quantitative estimate of drug-likeness (QED) is 0.462. The smallest absolute Gasteiger partial charge is 0.231 e. The molecule has 5 rings (SSSR count). The van der Waals surface area contributed by atoms with Crippen LogP contribution in [0.3, 0.4) is 0 Å². The zero-order chi connectivity index (χ0) is 19.2.